The second-order valence-corrected chi connectivity index (χ2v) is 8.36. The van der Waals surface area contributed by atoms with Crippen LogP contribution in [0, 0.1) is 0 Å². The predicted molar refractivity (Wildman–Crippen MR) is 129 cm³/mol. The van der Waals surface area contributed by atoms with Crippen LogP contribution in [0.25, 0.3) is 0 Å². The predicted octanol–water partition coefficient (Wildman–Crippen LogP) is 5.10. The average Bonchev–Trinajstić information content (AvgIpc) is 3.31. The summed E-state index contributed by atoms with van der Waals surface area (Å²) in [7, 11) is 1.69. The quantitative estimate of drug-likeness (QED) is 0.629. The van der Waals surface area contributed by atoms with E-state index in [9.17, 15) is 4.79 Å². The lowest BCUT2D eigenvalue weighted by molar-refractivity contribution is -0.114. The maximum atomic E-state index is 11.9. The van der Waals surface area contributed by atoms with Crippen LogP contribution in [-0.2, 0) is 14.3 Å². The summed E-state index contributed by atoms with van der Waals surface area (Å²) >= 11 is 0. The molecule has 6 nitrogen and oxygen atoms in total. The van der Waals surface area contributed by atoms with Gasteiger partial charge in [-0.1, -0.05) is 43.2 Å². The third-order valence-electron chi connectivity index (χ3n) is 6.03. The van der Waals surface area contributed by atoms with E-state index < -0.39 is 5.60 Å². The van der Waals surface area contributed by atoms with E-state index in [1.54, 1.807) is 13.3 Å². The number of nitrogens with one attached hydrogen (secondary N) is 1. The number of rotatable bonds is 8. The zero-order valence-electron chi connectivity index (χ0n) is 18.8. The van der Waals surface area contributed by atoms with Crippen LogP contribution in [0.15, 0.2) is 71.4 Å². The number of ether oxygens (including phenoxy) is 2. The highest BCUT2D eigenvalue weighted by Gasteiger charge is 2.43. The molecule has 0 spiro atoms. The summed E-state index contributed by atoms with van der Waals surface area (Å²) in [6.45, 7) is 2.51. The second kappa shape index (κ2) is 10.0. The number of allylic oxidation sites excluding steroid dienone is 1. The van der Waals surface area contributed by atoms with Crippen molar-refractivity contribution in [2.75, 3.05) is 30.4 Å². The first-order valence-corrected chi connectivity index (χ1v) is 11.2. The zero-order chi connectivity index (χ0) is 22.4. The first kappa shape index (κ1) is 22.1. The first-order chi connectivity index (χ1) is 15.6. The molecule has 168 valence electrons. The van der Waals surface area contributed by atoms with Gasteiger partial charge in [-0.3, -0.25) is 9.79 Å². The van der Waals surface area contributed by atoms with Gasteiger partial charge in [0.05, 0.1) is 37.7 Å². The summed E-state index contributed by atoms with van der Waals surface area (Å²) in [5.41, 5.74) is 1.93. The number of hydrogen-bond donors (Lipinski definition) is 1. The van der Waals surface area contributed by atoms with E-state index in [2.05, 4.69) is 27.3 Å². The highest BCUT2D eigenvalue weighted by Crippen LogP contribution is 2.39. The summed E-state index contributed by atoms with van der Waals surface area (Å²) in [6, 6.07) is 18.0. The number of hydrogen-bond acceptors (Lipinski definition) is 5. The van der Waals surface area contributed by atoms with Crippen LogP contribution >= 0.6 is 0 Å². The van der Waals surface area contributed by atoms with E-state index in [1.807, 2.05) is 48.5 Å². The van der Waals surface area contributed by atoms with Crippen molar-refractivity contribution in [3.05, 3.63) is 66.4 Å². The van der Waals surface area contributed by atoms with Crippen molar-refractivity contribution in [1.82, 2.24) is 0 Å². The molecule has 1 unspecified atom stereocenters. The minimum absolute atomic E-state index is 0.109. The van der Waals surface area contributed by atoms with E-state index in [0.717, 1.165) is 35.7 Å². The summed E-state index contributed by atoms with van der Waals surface area (Å²) in [4.78, 5) is 18.7. The van der Waals surface area contributed by atoms with Crippen molar-refractivity contribution in [2.24, 2.45) is 4.99 Å². The van der Waals surface area contributed by atoms with Crippen LogP contribution in [0.3, 0.4) is 0 Å². The molecule has 0 bridgehead atoms. The largest absolute Gasteiger partial charge is 0.498 e. The van der Waals surface area contributed by atoms with Crippen LogP contribution in [0.2, 0.25) is 0 Å². The number of amides is 1. The monoisotopic (exact) mass is 433 g/mol. The van der Waals surface area contributed by atoms with Gasteiger partial charge in [0, 0.05) is 18.8 Å². The molecule has 1 N–H and O–H groups in total. The molecule has 1 heterocycles. The highest BCUT2D eigenvalue weighted by molar-refractivity contribution is 5.93. The Morgan fingerprint density at radius 1 is 1.12 bits per heavy atom. The summed E-state index contributed by atoms with van der Waals surface area (Å²) in [5, 5.41) is 2.97. The summed E-state index contributed by atoms with van der Waals surface area (Å²) in [5.74, 6) is 0.666. The topological polar surface area (TPSA) is 63.2 Å². The third kappa shape index (κ3) is 4.86. The fraction of sp³-hybridized carbons (Fsp3) is 0.385. The molecule has 32 heavy (non-hydrogen) atoms. The SMILES string of the molecule is COC1=CC=NCC1(CN(c1ccccc1)c1ccccc1NC(C)=O)OC1CCCC1. The Balaban J connectivity index is 1.78. The molecule has 1 amide bonds. The van der Waals surface area contributed by atoms with E-state index in [-0.39, 0.29) is 12.0 Å². The van der Waals surface area contributed by atoms with Crippen LogP contribution in [0.1, 0.15) is 32.6 Å². The van der Waals surface area contributed by atoms with Gasteiger partial charge in [-0.25, -0.2) is 0 Å². The molecule has 2 aromatic rings. The lowest BCUT2D eigenvalue weighted by Crippen LogP contribution is -2.51. The Kier molecular flexibility index (Phi) is 6.90. The number of aliphatic imine (C=N–C) groups is 1. The Morgan fingerprint density at radius 2 is 1.84 bits per heavy atom. The molecule has 4 rings (SSSR count). The van der Waals surface area contributed by atoms with Gasteiger partial charge >= 0.3 is 0 Å². The van der Waals surface area contributed by atoms with Crippen LogP contribution in [-0.4, -0.2) is 44.0 Å². The van der Waals surface area contributed by atoms with Gasteiger partial charge in [-0.2, -0.15) is 0 Å². The van der Waals surface area contributed by atoms with Crippen molar-refractivity contribution in [1.29, 1.82) is 0 Å². The van der Waals surface area contributed by atoms with Crippen molar-refractivity contribution in [2.45, 2.75) is 44.3 Å². The number of anilines is 3. The second-order valence-electron chi connectivity index (χ2n) is 8.36. The highest BCUT2D eigenvalue weighted by atomic mass is 16.6. The molecule has 1 saturated carbocycles. The first-order valence-electron chi connectivity index (χ1n) is 11.2. The van der Waals surface area contributed by atoms with Gasteiger partial charge in [0.25, 0.3) is 0 Å². The Morgan fingerprint density at radius 3 is 2.56 bits per heavy atom. The van der Waals surface area contributed by atoms with Gasteiger partial charge in [-0.15, -0.1) is 0 Å². The standard InChI is InChI=1S/C26H31N3O3/c1-20(30)28-23-14-8-9-15-24(23)29(21-10-4-3-5-11-21)19-26(32-22-12-6-7-13-22)18-27-17-16-25(26)31-2/h3-5,8-11,14-17,22H,6-7,12-13,18-19H2,1-2H3,(H,28,30). The Labute approximate surface area is 189 Å². The molecule has 0 aromatic heterocycles. The van der Waals surface area contributed by atoms with Gasteiger partial charge in [0.2, 0.25) is 5.91 Å². The van der Waals surface area contributed by atoms with Crippen molar-refractivity contribution in [3.63, 3.8) is 0 Å². The van der Waals surface area contributed by atoms with E-state index in [0.29, 0.717) is 13.1 Å². The summed E-state index contributed by atoms with van der Waals surface area (Å²) < 4.78 is 12.6. The number of nitrogens with zero attached hydrogens (tertiary/aromatic N) is 2. The molecule has 1 aliphatic carbocycles. The molecule has 0 radical (unpaired) electrons. The van der Waals surface area contributed by atoms with Crippen molar-refractivity contribution < 1.29 is 14.3 Å². The van der Waals surface area contributed by atoms with Gasteiger partial charge in [-0.05, 0) is 43.2 Å². The zero-order valence-corrected chi connectivity index (χ0v) is 18.8. The fourth-order valence-corrected chi connectivity index (χ4v) is 4.57. The van der Waals surface area contributed by atoms with Crippen LogP contribution in [0.4, 0.5) is 17.1 Å². The minimum atomic E-state index is -0.725. The molecule has 6 heteroatoms. The molecule has 1 aliphatic heterocycles. The summed E-state index contributed by atoms with van der Waals surface area (Å²) in [6.07, 6.45) is 8.35. The smallest absolute Gasteiger partial charge is 0.221 e. The normalized spacial score (nSPS) is 20.6. The molecule has 2 aromatic carbocycles. The average molecular weight is 434 g/mol. The number of methoxy groups -OCH3 is 1. The van der Waals surface area contributed by atoms with Crippen LogP contribution < -0.4 is 10.2 Å². The molecular weight excluding hydrogens is 402 g/mol. The Bertz CT molecular complexity index is 983. The number of benzene rings is 2. The number of para-hydroxylation sites is 3. The van der Waals surface area contributed by atoms with Crippen LogP contribution in [0.5, 0.6) is 0 Å². The molecule has 1 fully saturated rings. The van der Waals surface area contributed by atoms with Gasteiger partial charge in [0.15, 0.2) is 5.60 Å². The van der Waals surface area contributed by atoms with E-state index in [4.69, 9.17) is 9.47 Å². The maximum absolute atomic E-state index is 11.9. The van der Waals surface area contributed by atoms with Gasteiger partial charge < -0.3 is 19.7 Å². The van der Waals surface area contributed by atoms with Crippen molar-refractivity contribution in [3.8, 4) is 0 Å². The lowest BCUT2D eigenvalue weighted by atomic mass is 9.96. The van der Waals surface area contributed by atoms with Gasteiger partial charge in [0.1, 0.15) is 5.76 Å². The Hall–Kier alpha value is -3.12. The third-order valence-corrected chi connectivity index (χ3v) is 6.03. The molecule has 0 saturated heterocycles. The minimum Gasteiger partial charge on any atom is -0.498 e. The number of carbonyl (C=O) groups excluding carboxylic acids is 1. The number of dihydropyridines is 1. The molecule has 1 atom stereocenters. The fourth-order valence-electron chi connectivity index (χ4n) is 4.57. The van der Waals surface area contributed by atoms with E-state index >= 15 is 0 Å². The van der Waals surface area contributed by atoms with E-state index in [1.165, 1.54) is 19.8 Å². The van der Waals surface area contributed by atoms with Crippen molar-refractivity contribution >= 4 is 29.2 Å². The lowest BCUT2D eigenvalue weighted by Gasteiger charge is -2.42. The molecule has 2 aliphatic rings. The molecular formula is C26H31N3O3. The number of carbonyl (C=O) groups is 1. The maximum Gasteiger partial charge on any atom is 0.221 e.